The van der Waals surface area contributed by atoms with Gasteiger partial charge in [0.15, 0.2) is 5.82 Å². The van der Waals surface area contributed by atoms with Gasteiger partial charge in [0.25, 0.3) is 0 Å². The van der Waals surface area contributed by atoms with Crippen LogP contribution >= 0.6 is 0 Å². The van der Waals surface area contributed by atoms with E-state index in [9.17, 15) is 4.79 Å². The monoisotopic (exact) mass is 333 g/mol. The summed E-state index contributed by atoms with van der Waals surface area (Å²) >= 11 is 0. The van der Waals surface area contributed by atoms with Gasteiger partial charge < -0.3 is 20.3 Å². The van der Waals surface area contributed by atoms with Crippen LogP contribution in [0.15, 0.2) is 6.07 Å². The van der Waals surface area contributed by atoms with Crippen molar-refractivity contribution in [2.45, 2.75) is 44.8 Å². The number of hydrogen-bond donors (Lipinski definition) is 1. The summed E-state index contributed by atoms with van der Waals surface area (Å²) < 4.78 is 5.20. The van der Waals surface area contributed by atoms with E-state index in [0.717, 1.165) is 50.4 Å². The predicted molar refractivity (Wildman–Crippen MR) is 91.8 cm³/mol. The summed E-state index contributed by atoms with van der Waals surface area (Å²) in [6.07, 6.45) is 2.92. The smallest absolute Gasteiger partial charge is 0.242 e. The Bertz CT molecular complexity index is 588. The molecule has 1 aromatic heterocycles. The normalized spacial score (nSPS) is 24.2. The van der Waals surface area contributed by atoms with Crippen molar-refractivity contribution in [3.63, 3.8) is 0 Å². The Balaban J connectivity index is 1.78. The van der Waals surface area contributed by atoms with Crippen molar-refractivity contribution in [1.29, 1.82) is 0 Å². The average molecular weight is 333 g/mol. The van der Waals surface area contributed by atoms with Gasteiger partial charge in [-0.3, -0.25) is 4.79 Å². The summed E-state index contributed by atoms with van der Waals surface area (Å²) in [5, 5.41) is 0. The number of rotatable bonds is 6. The zero-order chi connectivity index (χ0) is 17.1. The Hall–Kier alpha value is -1.73. The molecule has 1 aliphatic heterocycles. The number of carbonyl (C=O) groups is 1. The number of methoxy groups -OCH3 is 1. The van der Waals surface area contributed by atoms with E-state index in [2.05, 4.69) is 21.8 Å². The number of piperazine rings is 1. The van der Waals surface area contributed by atoms with Crippen LogP contribution in [0.5, 0.6) is 0 Å². The molecule has 0 atom stereocenters. The van der Waals surface area contributed by atoms with Crippen LogP contribution in [0.4, 0.5) is 5.82 Å². The first kappa shape index (κ1) is 17.1. The van der Waals surface area contributed by atoms with Gasteiger partial charge in [0.05, 0.1) is 6.54 Å². The zero-order valence-electron chi connectivity index (χ0n) is 14.6. The fourth-order valence-electron chi connectivity index (χ4n) is 3.38. The van der Waals surface area contributed by atoms with Crippen molar-refractivity contribution in [2.75, 3.05) is 38.2 Å². The highest BCUT2D eigenvalue weighted by molar-refractivity contribution is 5.82. The molecule has 1 amide bonds. The Labute approximate surface area is 143 Å². The lowest BCUT2D eigenvalue weighted by molar-refractivity contribution is -0.131. The molecule has 132 valence electrons. The van der Waals surface area contributed by atoms with E-state index in [-0.39, 0.29) is 11.9 Å². The van der Waals surface area contributed by atoms with Crippen molar-refractivity contribution in [3.05, 3.63) is 17.6 Å². The third-order valence-corrected chi connectivity index (χ3v) is 4.78. The van der Waals surface area contributed by atoms with Crippen LogP contribution in [-0.4, -0.2) is 60.1 Å². The lowest BCUT2D eigenvalue weighted by Crippen LogP contribution is -2.51. The first-order valence-corrected chi connectivity index (χ1v) is 8.75. The lowest BCUT2D eigenvalue weighted by atomic mass is 9.78. The van der Waals surface area contributed by atoms with Crippen LogP contribution in [0.3, 0.4) is 0 Å². The van der Waals surface area contributed by atoms with Crippen molar-refractivity contribution in [2.24, 2.45) is 5.73 Å². The number of carbonyl (C=O) groups excluding carboxylic acids is 1. The van der Waals surface area contributed by atoms with Crippen LogP contribution in [0.1, 0.15) is 43.6 Å². The van der Waals surface area contributed by atoms with Crippen LogP contribution in [0.2, 0.25) is 0 Å². The predicted octanol–water partition coefficient (Wildman–Crippen LogP) is 0.886. The van der Waals surface area contributed by atoms with Gasteiger partial charge in [0, 0.05) is 50.5 Å². The lowest BCUT2D eigenvalue weighted by Gasteiger charge is -2.36. The number of aromatic nitrogens is 2. The molecule has 7 heteroatoms. The summed E-state index contributed by atoms with van der Waals surface area (Å²) in [4.78, 5) is 25.5. The molecule has 1 saturated carbocycles. The van der Waals surface area contributed by atoms with Crippen LogP contribution < -0.4 is 10.6 Å². The van der Waals surface area contributed by atoms with E-state index >= 15 is 0 Å². The Kier molecular flexibility index (Phi) is 5.30. The summed E-state index contributed by atoms with van der Waals surface area (Å²) in [5.74, 6) is 2.07. The van der Waals surface area contributed by atoms with E-state index in [1.807, 2.05) is 11.0 Å². The number of amides is 1. The van der Waals surface area contributed by atoms with E-state index in [0.29, 0.717) is 24.9 Å². The van der Waals surface area contributed by atoms with Crippen molar-refractivity contribution in [1.82, 2.24) is 14.9 Å². The summed E-state index contributed by atoms with van der Waals surface area (Å²) in [5.41, 5.74) is 6.94. The molecule has 2 fully saturated rings. The second-order valence-corrected chi connectivity index (χ2v) is 6.73. The first-order valence-electron chi connectivity index (χ1n) is 8.75. The van der Waals surface area contributed by atoms with E-state index in [1.54, 1.807) is 7.11 Å². The molecule has 3 rings (SSSR count). The molecule has 0 spiro atoms. The van der Waals surface area contributed by atoms with Gasteiger partial charge in [-0.05, 0) is 19.3 Å². The molecule has 2 N–H and O–H groups in total. The third-order valence-electron chi connectivity index (χ3n) is 4.78. The zero-order valence-corrected chi connectivity index (χ0v) is 14.6. The van der Waals surface area contributed by atoms with Gasteiger partial charge in [-0.15, -0.1) is 0 Å². The molecule has 2 aliphatic rings. The van der Waals surface area contributed by atoms with E-state index in [1.165, 1.54) is 0 Å². The van der Waals surface area contributed by atoms with Gasteiger partial charge in [-0.25, -0.2) is 9.97 Å². The minimum Gasteiger partial charge on any atom is -0.377 e. The fraction of sp³-hybridized carbons (Fsp3) is 0.706. The van der Waals surface area contributed by atoms with Crippen molar-refractivity contribution < 1.29 is 9.53 Å². The molecule has 1 aliphatic carbocycles. The summed E-state index contributed by atoms with van der Waals surface area (Å²) in [6, 6.07) is 2.30. The molecule has 0 bridgehead atoms. The molecule has 0 unspecified atom stereocenters. The molecular weight excluding hydrogens is 306 g/mol. The first-order chi connectivity index (χ1) is 11.6. The minimum absolute atomic E-state index is 0.169. The minimum atomic E-state index is 0.169. The molecule has 0 aromatic carbocycles. The van der Waals surface area contributed by atoms with Crippen molar-refractivity contribution >= 4 is 11.7 Å². The average Bonchev–Trinajstić information content (AvgIpc) is 2.54. The van der Waals surface area contributed by atoms with Gasteiger partial charge >= 0.3 is 0 Å². The summed E-state index contributed by atoms with van der Waals surface area (Å²) in [7, 11) is 1.64. The topological polar surface area (TPSA) is 84.6 Å². The van der Waals surface area contributed by atoms with Crippen molar-refractivity contribution in [3.8, 4) is 0 Å². The molecule has 7 nitrogen and oxygen atoms in total. The number of ether oxygens (including phenoxy) is 1. The van der Waals surface area contributed by atoms with E-state index < -0.39 is 0 Å². The highest BCUT2D eigenvalue weighted by atomic mass is 16.5. The SMILES string of the molecule is CCCN1CCN(c2cc(C3CC(N)C3)nc(COC)n2)CC1=O. The maximum absolute atomic E-state index is 12.3. The number of anilines is 1. The largest absolute Gasteiger partial charge is 0.377 e. The Morgan fingerprint density at radius 3 is 2.75 bits per heavy atom. The standard InChI is InChI=1S/C17H27N5O2/c1-3-4-21-5-6-22(10-17(21)23)16-9-14(12-7-13(18)8-12)19-15(20-16)11-24-2/h9,12-13H,3-8,10-11,18H2,1-2H3. The molecule has 1 saturated heterocycles. The highest BCUT2D eigenvalue weighted by Gasteiger charge is 2.30. The van der Waals surface area contributed by atoms with Gasteiger partial charge in [-0.2, -0.15) is 0 Å². The van der Waals surface area contributed by atoms with Crippen LogP contribution in [0.25, 0.3) is 0 Å². The molecule has 0 radical (unpaired) electrons. The maximum atomic E-state index is 12.3. The Morgan fingerprint density at radius 1 is 1.33 bits per heavy atom. The quantitative estimate of drug-likeness (QED) is 0.832. The van der Waals surface area contributed by atoms with E-state index in [4.69, 9.17) is 10.5 Å². The van der Waals surface area contributed by atoms with Gasteiger partial charge in [0.1, 0.15) is 12.4 Å². The number of hydrogen-bond acceptors (Lipinski definition) is 6. The molecule has 2 heterocycles. The molecular formula is C17H27N5O2. The second-order valence-electron chi connectivity index (χ2n) is 6.73. The molecule has 24 heavy (non-hydrogen) atoms. The second kappa shape index (κ2) is 7.44. The summed E-state index contributed by atoms with van der Waals surface area (Å²) in [6.45, 7) is 5.24. The fourth-order valence-corrected chi connectivity index (χ4v) is 3.38. The maximum Gasteiger partial charge on any atom is 0.242 e. The van der Waals surface area contributed by atoms with Crippen LogP contribution in [0, 0.1) is 0 Å². The molecule has 1 aromatic rings. The highest BCUT2D eigenvalue weighted by Crippen LogP contribution is 2.35. The third kappa shape index (κ3) is 3.67. The number of nitrogens with two attached hydrogens (primary N) is 1. The Morgan fingerprint density at radius 2 is 2.12 bits per heavy atom. The van der Waals surface area contributed by atoms with Crippen LogP contribution in [-0.2, 0) is 16.1 Å². The number of nitrogens with zero attached hydrogens (tertiary/aromatic N) is 4. The van der Waals surface area contributed by atoms with Gasteiger partial charge in [-0.1, -0.05) is 6.92 Å². The van der Waals surface area contributed by atoms with Gasteiger partial charge in [0.2, 0.25) is 5.91 Å².